The third kappa shape index (κ3) is 4.18. The predicted octanol–water partition coefficient (Wildman–Crippen LogP) is 2.31. The van der Waals surface area contributed by atoms with Crippen molar-refractivity contribution in [1.29, 1.82) is 0 Å². The maximum Gasteiger partial charge on any atom is 0.257 e. The Morgan fingerprint density at radius 2 is 1.64 bits per heavy atom. The van der Waals surface area contributed by atoms with Crippen LogP contribution in [0.3, 0.4) is 0 Å². The van der Waals surface area contributed by atoms with Crippen LogP contribution >= 0.6 is 0 Å². The van der Waals surface area contributed by atoms with Gasteiger partial charge in [0, 0.05) is 31.4 Å². The van der Waals surface area contributed by atoms with Gasteiger partial charge in [-0.1, -0.05) is 42.5 Å². The van der Waals surface area contributed by atoms with Crippen molar-refractivity contribution in [2.75, 3.05) is 11.1 Å². The molecular weight excluding hydrogens is 354 g/mol. The van der Waals surface area contributed by atoms with E-state index in [2.05, 4.69) is 37.8 Å². The molecule has 0 bridgehead atoms. The number of nitrogens with one attached hydrogen (secondary N) is 2. The lowest BCUT2D eigenvalue weighted by Crippen LogP contribution is -2.14. The minimum Gasteiger partial charge on any atom is -0.493 e. The zero-order chi connectivity index (χ0) is 19.3. The second kappa shape index (κ2) is 7.93. The molecule has 0 aliphatic heterocycles. The summed E-state index contributed by atoms with van der Waals surface area (Å²) in [5.41, 5.74) is 9.34. The van der Waals surface area contributed by atoms with Gasteiger partial charge in [-0.3, -0.25) is 0 Å². The van der Waals surface area contributed by atoms with E-state index in [0.717, 1.165) is 17.8 Å². The Morgan fingerprint density at radius 1 is 0.893 bits per heavy atom. The first-order valence-corrected chi connectivity index (χ1v) is 8.96. The molecule has 8 nitrogen and oxygen atoms in total. The predicted molar refractivity (Wildman–Crippen MR) is 108 cm³/mol. The van der Waals surface area contributed by atoms with Crippen LogP contribution in [0.1, 0.15) is 16.8 Å². The number of nitrogen functional groups attached to an aromatic ring is 1. The molecule has 2 heterocycles. The smallest absolute Gasteiger partial charge is 0.257 e. The molecule has 0 saturated carbocycles. The van der Waals surface area contributed by atoms with Crippen molar-refractivity contribution in [2.45, 2.75) is 19.6 Å². The average molecular weight is 375 g/mol. The van der Waals surface area contributed by atoms with Gasteiger partial charge in [-0.2, -0.15) is 9.50 Å². The minimum atomic E-state index is -0.00505. The second-order valence-corrected chi connectivity index (χ2v) is 6.44. The zero-order valence-corrected chi connectivity index (χ0v) is 15.2. The lowest BCUT2D eigenvalue weighted by Gasteiger charge is -2.05. The summed E-state index contributed by atoms with van der Waals surface area (Å²) in [6.07, 6.45) is 0. The van der Waals surface area contributed by atoms with Crippen LogP contribution in [0.25, 0.3) is 5.78 Å². The molecule has 0 aliphatic rings. The molecule has 4 rings (SSSR count). The highest BCUT2D eigenvalue weighted by Gasteiger charge is 2.10. The van der Waals surface area contributed by atoms with E-state index >= 15 is 0 Å². The first-order chi connectivity index (χ1) is 13.7. The number of nitrogens with zero attached hydrogens (tertiary/aromatic N) is 4. The van der Waals surface area contributed by atoms with Crippen LogP contribution < -0.4 is 16.4 Å². The van der Waals surface area contributed by atoms with Gasteiger partial charge in [0.1, 0.15) is 0 Å². The number of nitrogens with two attached hydrogens (primary N) is 1. The van der Waals surface area contributed by atoms with E-state index in [1.807, 2.05) is 42.5 Å². The van der Waals surface area contributed by atoms with Gasteiger partial charge >= 0.3 is 0 Å². The van der Waals surface area contributed by atoms with Crippen LogP contribution in [-0.4, -0.2) is 24.7 Å². The first kappa shape index (κ1) is 17.7. The van der Waals surface area contributed by atoms with E-state index in [1.165, 1.54) is 10.1 Å². The fourth-order valence-electron chi connectivity index (χ4n) is 2.81. The molecule has 5 N–H and O–H groups in total. The number of aromatic nitrogens is 4. The number of fused-ring (bicyclic) bond motifs is 1. The Bertz CT molecular complexity index is 1060. The molecule has 0 atom stereocenters. The molecule has 2 aromatic heterocycles. The van der Waals surface area contributed by atoms with E-state index in [9.17, 15) is 5.11 Å². The average Bonchev–Trinajstić information content (AvgIpc) is 3.12. The highest BCUT2D eigenvalue weighted by atomic mass is 16.3. The molecule has 0 radical (unpaired) electrons. The Labute approximate surface area is 162 Å². The lowest BCUT2D eigenvalue weighted by molar-refractivity contribution is 0.433. The lowest BCUT2D eigenvalue weighted by atomic mass is 10.2. The summed E-state index contributed by atoms with van der Waals surface area (Å²) in [6, 6.07) is 19.2. The van der Waals surface area contributed by atoms with Gasteiger partial charge in [0.25, 0.3) is 5.78 Å². The number of hydrogen-bond donors (Lipinski definition) is 4. The molecule has 142 valence electrons. The summed E-state index contributed by atoms with van der Waals surface area (Å²) in [5.74, 6) is 0.736. The van der Waals surface area contributed by atoms with Crippen LogP contribution in [0, 0.1) is 0 Å². The van der Waals surface area contributed by atoms with Crippen molar-refractivity contribution >= 4 is 17.4 Å². The number of aromatic hydroxyl groups is 1. The molecule has 0 spiro atoms. The normalized spacial score (nSPS) is 11.0. The summed E-state index contributed by atoms with van der Waals surface area (Å²) < 4.78 is 1.31. The number of anilines is 2. The molecule has 0 fully saturated rings. The van der Waals surface area contributed by atoms with Gasteiger partial charge in [0.2, 0.25) is 11.8 Å². The summed E-state index contributed by atoms with van der Waals surface area (Å²) in [7, 11) is 0. The third-order valence-electron chi connectivity index (χ3n) is 4.25. The van der Waals surface area contributed by atoms with Crippen LogP contribution in [0.4, 0.5) is 11.6 Å². The minimum absolute atomic E-state index is 0.00505. The van der Waals surface area contributed by atoms with Gasteiger partial charge in [0.15, 0.2) is 0 Å². The van der Waals surface area contributed by atoms with Crippen LogP contribution in [0.5, 0.6) is 5.88 Å². The number of benzene rings is 2. The summed E-state index contributed by atoms with van der Waals surface area (Å²) in [5, 5.41) is 20.9. The van der Waals surface area contributed by atoms with Crippen LogP contribution in [0.2, 0.25) is 0 Å². The van der Waals surface area contributed by atoms with E-state index in [4.69, 9.17) is 5.73 Å². The highest BCUT2D eigenvalue weighted by Crippen LogP contribution is 2.15. The fourth-order valence-corrected chi connectivity index (χ4v) is 2.81. The molecule has 8 heteroatoms. The van der Waals surface area contributed by atoms with Gasteiger partial charge in [0.05, 0.1) is 5.69 Å². The van der Waals surface area contributed by atoms with E-state index in [0.29, 0.717) is 30.5 Å². The highest BCUT2D eigenvalue weighted by molar-refractivity contribution is 5.43. The number of rotatable bonds is 7. The molecule has 28 heavy (non-hydrogen) atoms. The summed E-state index contributed by atoms with van der Waals surface area (Å²) in [4.78, 5) is 8.82. The summed E-state index contributed by atoms with van der Waals surface area (Å²) in [6.45, 7) is 1.78. The topological polar surface area (TPSA) is 113 Å². The van der Waals surface area contributed by atoms with Crippen molar-refractivity contribution in [3.05, 3.63) is 77.5 Å². The second-order valence-electron chi connectivity index (χ2n) is 6.44. The van der Waals surface area contributed by atoms with Gasteiger partial charge < -0.3 is 21.5 Å². The molecular formula is C20H21N7O. The van der Waals surface area contributed by atoms with Crippen molar-refractivity contribution in [2.24, 2.45) is 0 Å². The van der Waals surface area contributed by atoms with Crippen LogP contribution in [0.15, 0.2) is 60.7 Å². The van der Waals surface area contributed by atoms with E-state index < -0.39 is 0 Å². The maximum absolute atomic E-state index is 10.2. The Morgan fingerprint density at radius 3 is 2.43 bits per heavy atom. The van der Waals surface area contributed by atoms with E-state index in [-0.39, 0.29) is 5.88 Å². The Balaban J connectivity index is 1.42. The SMILES string of the molecule is Nc1ccc(CNc2nc3nc(CNCc4ccccc4)cc(O)n3n2)cc1. The fraction of sp³-hybridized carbons (Fsp3) is 0.150. The van der Waals surface area contributed by atoms with E-state index in [1.54, 1.807) is 6.07 Å². The number of hydrogen-bond acceptors (Lipinski definition) is 7. The molecule has 0 saturated heterocycles. The Kier molecular flexibility index (Phi) is 5.03. The monoisotopic (exact) mass is 375 g/mol. The molecule has 0 amide bonds. The Hall–Kier alpha value is -3.65. The molecule has 4 aromatic rings. The van der Waals surface area contributed by atoms with Crippen molar-refractivity contribution in [3.8, 4) is 5.88 Å². The zero-order valence-electron chi connectivity index (χ0n) is 15.2. The largest absolute Gasteiger partial charge is 0.493 e. The molecule has 0 aliphatic carbocycles. The van der Waals surface area contributed by atoms with Gasteiger partial charge in [-0.05, 0) is 23.3 Å². The third-order valence-corrected chi connectivity index (χ3v) is 4.25. The molecule has 0 unspecified atom stereocenters. The van der Waals surface area contributed by atoms with Gasteiger partial charge in [-0.25, -0.2) is 4.98 Å². The standard InChI is InChI=1S/C20H21N7O/c21-16-8-6-15(7-9-16)12-23-19-25-20-24-17(10-18(28)27(20)26-19)13-22-11-14-4-2-1-3-5-14/h1-10,22,28H,11-13,21H2,(H,23,26). The quantitative estimate of drug-likeness (QED) is 0.367. The first-order valence-electron chi connectivity index (χ1n) is 8.96. The van der Waals surface area contributed by atoms with Gasteiger partial charge in [-0.15, -0.1) is 5.10 Å². The van der Waals surface area contributed by atoms with Crippen molar-refractivity contribution < 1.29 is 5.11 Å². The molecule has 2 aromatic carbocycles. The van der Waals surface area contributed by atoms with Crippen molar-refractivity contribution in [1.82, 2.24) is 24.9 Å². The van der Waals surface area contributed by atoms with Crippen molar-refractivity contribution in [3.63, 3.8) is 0 Å². The van der Waals surface area contributed by atoms with Crippen LogP contribution in [-0.2, 0) is 19.6 Å². The maximum atomic E-state index is 10.2. The summed E-state index contributed by atoms with van der Waals surface area (Å²) >= 11 is 0.